The molecule has 1 heterocycles. The maximum absolute atomic E-state index is 5.72. The van der Waals surface area contributed by atoms with E-state index in [1.54, 1.807) is 6.20 Å². The zero-order valence-corrected chi connectivity index (χ0v) is 9.70. The smallest absolute Gasteiger partial charge is 0.125 e. The van der Waals surface area contributed by atoms with Crippen LogP contribution in [-0.4, -0.2) is 11.1 Å². The Kier molecular flexibility index (Phi) is 5.16. The number of hydrogen-bond acceptors (Lipinski definition) is 2. The Balaban J connectivity index is 2.60. The van der Waals surface area contributed by atoms with Crippen LogP contribution in [0.1, 0.15) is 38.7 Å². The van der Waals surface area contributed by atoms with E-state index >= 15 is 0 Å². The van der Waals surface area contributed by atoms with Crippen molar-refractivity contribution < 1.29 is 4.74 Å². The minimum absolute atomic E-state index is 0.221. The highest BCUT2D eigenvalue weighted by atomic mass is 16.5. The molecule has 0 aliphatic rings. The maximum atomic E-state index is 5.72. The standard InChI is InChI=1S/C13H20NO/c1-4-5-6-7-12-10-14-9-8-13(12)15-11(2)3/h8-11H,1,4-7H2,2-3H3. The maximum Gasteiger partial charge on any atom is 0.125 e. The first-order chi connectivity index (χ1) is 7.24. The number of aromatic nitrogens is 1. The van der Waals surface area contributed by atoms with E-state index in [4.69, 9.17) is 4.74 Å². The summed E-state index contributed by atoms with van der Waals surface area (Å²) in [6.45, 7) is 7.92. The molecule has 1 rings (SSSR count). The Hall–Kier alpha value is -1.05. The minimum Gasteiger partial charge on any atom is -0.491 e. The highest BCUT2D eigenvalue weighted by molar-refractivity contribution is 5.30. The second-order valence-corrected chi connectivity index (χ2v) is 3.96. The summed E-state index contributed by atoms with van der Waals surface area (Å²) in [6, 6.07) is 1.94. The second-order valence-electron chi connectivity index (χ2n) is 3.96. The van der Waals surface area contributed by atoms with Crippen molar-refractivity contribution in [2.45, 2.75) is 45.6 Å². The van der Waals surface area contributed by atoms with Crippen LogP contribution in [0.25, 0.3) is 0 Å². The van der Waals surface area contributed by atoms with Gasteiger partial charge in [0.1, 0.15) is 5.75 Å². The average molecular weight is 206 g/mol. The van der Waals surface area contributed by atoms with Gasteiger partial charge in [0.25, 0.3) is 0 Å². The van der Waals surface area contributed by atoms with Gasteiger partial charge in [-0.3, -0.25) is 4.98 Å². The molecule has 1 aromatic heterocycles. The molecule has 0 bridgehead atoms. The molecule has 83 valence electrons. The third-order valence-electron chi connectivity index (χ3n) is 2.17. The van der Waals surface area contributed by atoms with Crippen molar-refractivity contribution in [2.24, 2.45) is 0 Å². The van der Waals surface area contributed by atoms with Gasteiger partial charge in [0.05, 0.1) is 6.10 Å². The molecule has 0 saturated carbocycles. The van der Waals surface area contributed by atoms with E-state index in [-0.39, 0.29) is 6.10 Å². The van der Waals surface area contributed by atoms with Gasteiger partial charge in [0.15, 0.2) is 0 Å². The second kappa shape index (κ2) is 6.44. The van der Waals surface area contributed by atoms with Crippen molar-refractivity contribution in [2.75, 3.05) is 0 Å². The summed E-state index contributed by atoms with van der Waals surface area (Å²) in [5.41, 5.74) is 1.21. The number of ether oxygens (including phenoxy) is 1. The lowest BCUT2D eigenvalue weighted by Crippen LogP contribution is -2.07. The van der Waals surface area contributed by atoms with Gasteiger partial charge in [-0.2, -0.15) is 0 Å². The molecule has 0 atom stereocenters. The topological polar surface area (TPSA) is 22.1 Å². The molecule has 0 amide bonds. The first-order valence-electron chi connectivity index (χ1n) is 5.63. The summed E-state index contributed by atoms with van der Waals surface area (Å²) in [7, 11) is 0. The normalized spacial score (nSPS) is 10.7. The first kappa shape index (κ1) is 12.0. The molecule has 2 nitrogen and oxygen atoms in total. The first-order valence-corrected chi connectivity index (χ1v) is 5.63. The van der Waals surface area contributed by atoms with Gasteiger partial charge in [0.2, 0.25) is 0 Å². The summed E-state index contributed by atoms with van der Waals surface area (Å²) in [4.78, 5) is 4.14. The lowest BCUT2D eigenvalue weighted by molar-refractivity contribution is 0.239. The van der Waals surface area contributed by atoms with Crippen LogP contribution < -0.4 is 4.74 Å². The predicted octanol–water partition coefficient (Wildman–Crippen LogP) is 3.42. The molecule has 0 aliphatic heterocycles. The Labute approximate surface area is 92.7 Å². The molecule has 1 radical (unpaired) electrons. The van der Waals surface area contributed by atoms with E-state index in [2.05, 4.69) is 11.9 Å². The molecule has 0 unspecified atom stereocenters. The highest BCUT2D eigenvalue weighted by Gasteiger charge is 2.04. The fourth-order valence-corrected chi connectivity index (χ4v) is 1.46. The van der Waals surface area contributed by atoms with Gasteiger partial charge in [-0.25, -0.2) is 0 Å². The number of unbranched alkanes of at least 4 members (excludes halogenated alkanes) is 2. The summed E-state index contributed by atoms with van der Waals surface area (Å²) in [5.74, 6) is 0.976. The SMILES string of the molecule is [CH2]CCCCc1cnccc1OC(C)C. The highest BCUT2D eigenvalue weighted by Crippen LogP contribution is 2.20. The summed E-state index contributed by atoms with van der Waals surface area (Å²) in [6.07, 6.45) is 8.26. The van der Waals surface area contributed by atoms with E-state index in [9.17, 15) is 0 Å². The van der Waals surface area contributed by atoms with Gasteiger partial charge >= 0.3 is 0 Å². The van der Waals surface area contributed by atoms with Crippen LogP contribution in [0.5, 0.6) is 5.75 Å². The van der Waals surface area contributed by atoms with E-state index < -0.39 is 0 Å². The largest absolute Gasteiger partial charge is 0.491 e. The lowest BCUT2D eigenvalue weighted by Gasteiger charge is -2.13. The summed E-state index contributed by atoms with van der Waals surface area (Å²) in [5, 5.41) is 0. The molecule has 0 spiro atoms. The van der Waals surface area contributed by atoms with Gasteiger partial charge in [-0.1, -0.05) is 19.8 Å². The average Bonchev–Trinajstić information content (AvgIpc) is 2.20. The monoisotopic (exact) mass is 206 g/mol. The number of rotatable bonds is 6. The Morgan fingerprint density at radius 2 is 2.20 bits per heavy atom. The van der Waals surface area contributed by atoms with Gasteiger partial charge < -0.3 is 4.74 Å². The molecule has 0 saturated heterocycles. The fraction of sp³-hybridized carbons (Fsp3) is 0.538. The van der Waals surface area contributed by atoms with E-state index in [1.165, 1.54) is 5.56 Å². The molecule has 0 aliphatic carbocycles. The number of hydrogen-bond donors (Lipinski definition) is 0. The molecule has 0 aromatic carbocycles. The van der Waals surface area contributed by atoms with Crippen LogP contribution in [0.4, 0.5) is 0 Å². The zero-order valence-electron chi connectivity index (χ0n) is 9.70. The van der Waals surface area contributed by atoms with Crippen molar-refractivity contribution in [3.8, 4) is 5.75 Å². The molecule has 1 aromatic rings. The van der Waals surface area contributed by atoms with Crippen LogP contribution in [-0.2, 0) is 6.42 Å². The molecular formula is C13H20NO. The number of aryl methyl sites for hydroxylation is 1. The number of nitrogens with zero attached hydrogens (tertiary/aromatic N) is 1. The lowest BCUT2D eigenvalue weighted by atomic mass is 10.1. The van der Waals surface area contributed by atoms with Crippen molar-refractivity contribution in [1.29, 1.82) is 0 Å². The van der Waals surface area contributed by atoms with E-state index in [1.807, 2.05) is 26.1 Å². The molecule has 0 fully saturated rings. The summed E-state index contributed by atoms with van der Waals surface area (Å²) < 4.78 is 5.72. The van der Waals surface area contributed by atoms with Gasteiger partial charge in [-0.15, -0.1) is 0 Å². The van der Waals surface area contributed by atoms with Crippen molar-refractivity contribution in [3.05, 3.63) is 30.9 Å². The van der Waals surface area contributed by atoms with Gasteiger partial charge in [-0.05, 0) is 32.8 Å². The molecule has 15 heavy (non-hydrogen) atoms. The van der Waals surface area contributed by atoms with Crippen LogP contribution in [0.2, 0.25) is 0 Å². The van der Waals surface area contributed by atoms with Gasteiger partial charge in [0, 0.05) is 18.0 Å². The fourth-order valence-electron chi connectivity index (χ4n) is 1.46. The van der Waals surface area contributed by atoms with Crippen molar-refractivity contribution in [1.82, 2.24) is 4.98 Å². The summed E-state index contributed by atoms with van der Waals surface area (Å²) >= 11 is 0. The Morgan fingerprint density at radius 1 is 1.40 bits per heavy atom. The van der Waals surface area contributed by atoms with Crippen LogP contribution in [0.3, 0.4) is 0 Å². The third-order valence-corrected chi connectivity index (χ3v) is 2.17. The van der Waals surface area contributed by atoms with E-state index in [0.29, 0.717) is 0 Å². The predicted molar refractivity (Wildman–Crippen MR) is 62.9 cm³/mol. The molecular weight excluding hydrogens is 186 g/mol. The zero-order chi connectivity index (χ0) is 11.1. The van der Waals surface area contributed by atoms with Crippen LogP contribution in [0.15, 0.2) is 18.5 Å². The Bertz CT molecular complexity index is 284. The van der Waals surface area contributed by atoms with Crippen LogP contribution >= 0.6 is 0 Å². The molecule has 2 heteroatoms. The Morgan fingerprint density at radius 3 is 2.87 bits per heavy atom. The van der Waals surface area contributed by atoms with Crippen molar-refractivity contribution in [3.63, 3.8) is 0 Å². The third kappa shape index (κ3) is 4.32. The van der Waals surface area contributed by atoms with E-state index in [0.717, 1.165) is 31.4 Å². The van der Waals surface area contributed by atoms with Crippen LogP contribution in [0, 0.1) is 6.92 Å². The van der Waals surface area contributed by atoms with Crippen molar-refractivity contribution >= 4 is 0 Å². The molecule has 0 N–H and O–H groups in total. The minimum atomic E-state index is 0.221. The number of pyridine rings is 1. The quantitative estimate of drug-likeness (QED) is 0.665.